The van der Waals surface area contributed by atoms with Crippen molar-refractivity contribution in [3.63, 3.8) is 0 Å². The normalized spacial score (nSPS) is 24.6. The number of nitrogens with zero attached hydrogens (tertiary/aromatic N) is 3. The number of hydrogen-bond acceptors (Lipinski definition) is 5. The fraction of sp³-hybridized carbons (Fsp3) is 0.750. The lowest BCUT2D eigenvalue weighted by Crippen LogP contribution is -2.38. The summed E-state index contributed by atoms with van der Waals surface area (Å²) in [5, 5.41) is 15.3. The predicted molar refractivity (Wildman–Crippen MR) is 115 cm³/mol. The van der Waals surface area contributed by atoms with Crippen molar-refractivity contribution in [1.82, 2.24) is 15.1 Å². The van der Waals surface area contributed by atoms with Crippen LogP contribution >= 0.6 is 15.9 Å². The summed E-state index contributed by atoms with van der Waals surface area (Å²) in [5.74, 6) is -0.110. The zero-order chi connectivity index (χ0) is 20.7. The van der Waals surface area contributed by atoms with E-state index in [4.69, 9.17) is 0 Å². The number of nitrogens with one attached hydrogen (secondary N) is 1. The maximum Gasteiger partial charge on any atom is 0.289 e. The van der Waals surface area contributed by atoms with Gasteiger partial charge in [-0.1, -0.05) is 29.3 Å². The monoisotopic (exact) mass is 456 g/mol. The third kappa shape index (κ3) is 6.30. The van der Waals surface area contributed by atoms with Gasteiger partial charge >= 0.3 is 0 Å². The number of rotatable bonds is 6. The first kappa shape index (κ1) is 22.9. The third-order valence-electron chi connectivity index (χ3n) is 5.48. The highest BCUT2D eigenvalue weighted by molar-refractivity contribution is 9.09. The molecule has 0 spiro atoms. The number of halogens is 1. The summed E-state index contributed by atoms with van der Waals surface area (Å²) in [6.07, 6.45) is 7.75. The van der Waals surface area contributed by atoms with Crippen LogP contribution in [0.25, 0.3) is 0 Å². The highest BCUT2D eigenvalue weighted by Crippen LogP contribution is 2.29. The van der Waals surface area contributed by atoms with E-state index in [-0.39, 0.29) is 27.4 Å². The number of hydrogen-bond donors (Lipinski definition) is 1. The van der Waals surface area contributed by atoms with Gasteiger partial charge in [-0.3, -0.25) is 14.9 Å². The zero-order valence-electron chi connectivity index (χ0n) is 17.2. The molecule has 28 heavy (non-hydrogen) atoms. The second-order valence-electron chi connectivity index (χ2n) is 7.87. The summed E-state index contributed by atoms with van der Waals surface area (Å²) >= 11 is 3.51. The van der Waals surface area contributed by atoms with Crippen molar-refractivity contribution in [3.8, 4) is 0 Å². The smallest absolute Gasteiger partial charge is 0.289 e. The quantitative estimate of drug-likeness (QED) is 0.376. The largest absolute Gasteiger partial charge is 0.376 e. The molecule has 0 aromatic heterocycles. The van der Waals surface area contributed by atoms with Gasteiger partial charge in [0, 0.05) is 36.1 Å². The van der Waals surface area contributed by atoms with Crippen molar-refractivity contribution in [2.75, 3.05) is 33.7 Å². The fourth-order valence-corrected chi connectivity index (χ4v) is 4.33. The molecule has 2 atom stereocenters. The van der Waals surface area contributed by atoms with Gasteiger partial charge in [-0.05, 0) is 58.7 Å². The Morgan fingerprint density at radius 1 is 1.36 bits per heavy atom. The molecule has 0 aromatic rings. The number of likely N-dealkylation sites (tertiary alicyclic amines) is 1. The predicted octanol–water partition coefficient (Wildman–Crippen LogP) is 3.29. The molecule has 1 saturated heterocycles. The average molecular weight is 457 g/mol. The van der Waals surface area contributed by atoms with Crippen LogP contribution in [0.5, 0.6) is 0 Å². The molecule has 1 heterocycles. The van der Waals surface area contributed by atoms with Gasteiger partial charge in [-0.25, -0.2) is 0 Å². The summed E-state index contributed by atoms with van der Waals surface area (Å²) in [7, 11) is 3.88. The molecule has 0 radical (unpaired) electrons. The number of amides is 1. The van der Waals surface area contributed by atoms with Crippen LogP contribution in [0.15, 0.2) is 23.0 Å². The van der Waals surface area contributed by atoms with Gasteiger partial charge in [0.2, 0.25) is 0 Å². The number of nitro groups is 1. The van der Waals surface area contributed by atoms with Crippen LogP contribution in [0, 0.1) is 10.1 Å². The lowest BCUT2D eigenvalue weighted by Gasteiger charge is -2.28. The van der Waals surface area contributed by atoms with Gasteiger partial charge in [-0.15, -0.1) is 0 Å². The Labute approximate surface area is 176 Å². The molecule has 1 aliphatic carbocycles. The average Bonchev–Trinajstić information content (AvgIpc) is 2.79. The van der Waals surface area contributed by atoms with Crippen molar-refractivity contribution in [3.05, 3.63) is 33.2 Å². The molecule has 0 aromatic carbocycles. The van der Waals surface area contributed by atoms with E-state index >= 15 is 0 Å². The first-order valence-electron chi connectivity index (χ1n) is 10.3. The number of allylic oxidation sites excluding steroid dienone is 1. The Morgan fingerprint density at radius 3 is 2.79 bits per heavy atom. The molecular formula is C20H33BrN4O3. The number of likely N-dealkylation sites (N-methyl/N-ethyl adjacent to an activating group) is 1. The topological polar surface area (TPSA) is 78.7 Å². The summed E-state index contributed by atoms with van der Waals surface area (Å²) in [5.41, 5.74) is 0.979. The van der Waals surface area contributed by atoms with E-state index in [1.165, 1.54) is 0 Å². The minimum atomic E-state index is -0.357. The molecule has 158 valence electrons. The summed E-state index contributed by atoms with van der Waals surface area (Å²) < 4.78 is 0. The third-order valence-corrected chi connectivity index (χ3v) is 6.20. The van der Waals surface area contributed by atoms with Crippen LogP contribution in [-0.2, 0) is 4.79 Å². The molecule has 1 amide bonds. The first-order chi connectivity index (χ1) is 13.3. The van der Waals surface area contributed by atoms with Gasteiger partial charge in [0.15, 0.2) is 0 Å². The van der Waals surface area contributed by atoms with E-state index in [0.717, 1.165) is 45.2 Å². The molecule has 1 N–H and O–H groups in total. The molecule has 2 unspecified atom stereocenters. The summed E-state index contributed by atoms with van der Waals surface area (Å²) in [6, 6.07) is 0.132. The Balaban J connectivity index is 2.38. The highest BCUT2D eigenvalue weighted by Gasteiger charge is 2.32. The molecule has 0 saturated carbocycles. The maximum absolute atomic E-state index is 13.1. The molecule has 1 aliphatic heterocycles. The Morgan fingerprint density at radius 2 is 2.11 bits per heavy atom. The van der Waals surface area contributed by atoms with E-state index < -0.39 is 0 Å². The van der Waals surface area contributed by atoms with Crippen molar-refractivity contribution in [2.24, 2.45) is 0 Å². The molecule has 1 fully saturated rings. The molecule has 7 nitrogen and oxygen atoms in total. The standard InChI is InChI=1S/C20H33BrN4O3/c1-4-11-24(3)20(26)17-9-8-15(21)14-18(25(27)28)19(17)22-16-7-5-6-12-23(2)13-10-16/h14-16,22H,4-13H2,1-3H3. The lowest BCUT2D eigenvalue weighted by molar-refractivity contribution is -0.421. The molecule has 2 rings (SSSR count). The summed E-state index contributed by atoms with van der Waals surface area (Å²) in [4.78, 5) is 28.5. The lowest BCUT2D eigenvalue weighted by atomic mass is 10.0. The van der Waals surface area contributed by atoms with E-state index in [2.05, 4.69) is 33.2 Å². The van der Waals surface area contributed by atoms with E-state index in [1.807, 2.05) is 6.92 Å². The number of alkyl halides is 1. The van der Waals surface area contributed by atoms with Gasteiger partial charge in [0.05, 0.1) is 4.92 Å². The van der Waals surface area contributed by atoms with Crippen LogP contribution in [-0.4, -0.2) is 65.2 Å². The van der Waals surface area contributed by atoms with Crippen molar-refractivity contribution >= 4 is 21.8 Å². The maximum atomic E-state index is 13.1. The van der Waals surface area contributed by atoms with E-state index in [9.17, 15) is 14.9 Å². The Hall–Kier alpha value is -1.41. The minimum Gasteiger partial charge on any atom is -0.376 e. The van der Waals surface area contributed by atoms with Crippen LogP contribution in [0.4, 0.5) is 0 Å². The van der Waals surface area contributed by atoms with Gasteiger partial charge in [0.25, 0.3) is 11.6 Å². The van der Waals surface area contributed by atoms with Crippen molar-refractivity contribution in [2.45, 2.75) is 62.7 Å². The summed E-state index contributed by atoms with van der Waals surface area (Å²) in [6.45, 7) is 4.69. The second-order valence-corrected chi connectivity index (χ2v) is 9.05. The number of carbonyl (C=O) groups excluding carboxylic acids is 1. The van der Waals surface area contributed by atoms with Gasteiger partial charge in [0.1, 0.15) is 5.70 Å². The van der Waals surface area contributed by atoms with Crippen LogP contribution in [0.2, 0.25) is 0 Å². The minimum absolute atomic E-state index is 0.0167. The van der Waals surface area contributed by atoms with Gasteiger partial charge in [-0.2, -0.15) is 0 Å². The Bertz CT molecular complexity index is 635. The van der Waals surface area contributed by atoms with Crippen LogP contribution < -0.4 is 5.32 Å². The van der Waals surface area contributed by atoms with Crippen LogP contribution in [0.3, 0.4) is 0 Å². The van der Waals surface area contributed by atoms with Crippen LogP contribution in [0.1, 0.15) is 51.9 Å². The first-order valence-corrected chi connectivity index (χ1v) is 11.2. The molecule has 2 aliphatic rings. The van der Waals surface area contributed by atoms with E-state index in [1.54, 1.807) is 18.0 Å². The molecule has 0 bridgehead atoms. The highest BCUT2D eigenvalue weighted by atomic mass is 79.9. The van der Waals surface area contributed by atoms with Crippen molar-refractivity contribution < 1.29 is 9.72 Å². The molecular weight excluding hydrogens is 424 g/mol. The van der Waals surface area contributed by atoms with Gasteiger partial charge < -0.3 is 15.1 Å². The Kier molecular flexibility index (Phi) is 8.95. The fourth-order valence-electron chi connectivity index (χ4n) is 3.85. The SMILES string of the molecule is CCCN(C)C(=O)C1=C(NC2CCCCN(C)CC2)C([N+](=O)[O-])=CC(Br)CC1. The van der Waals surface area contributed by atoms with Crippen molar-refractivity contribution in [1.29, 1.82) is 0 Å². The number of carbonyl (C=O) groups is 1. The zero-order valence-corrected chi connectivity index (χ0v) is 18.8. The molecule has 8 heteroatoms. The van der Waals surface area contributed by atoms with E-state index in [0.29, 0.717) is 30.7 Å². The second kappa shape index (κ2) is 11.0.